The zero-order valence-corrected chi connectivity index (χ0v) is 13.2. The molecule has 3 heteroatoms. The molecular weight excluding hydrogens is 251 g/mol. The van der Waals surface area contributed by atoms with Gasteiger partial charge < -0.3 is 10.2 Å². The van der Waals surface area contributed by atoms with Crippen molar-refractivity contribution in [3.63, 3.8) is 0 Å². The summed E-state index contributed by atoms with van der Waals surface area (Å²) in [4.78, 5) is 2.20. The van der Waals surface area contributed by atoms with Gasteiger partial charge in [-0.3, -0.25) is 0 Å². The van der Waals surface area contributed by atoms with E-state index >= 15 is 0 Å². The molecule has 0 spiro atoms. The fraction of sp³-hybridized carbons (Fsp3) is 0.647. The predicted molar refractivity (Wildman–Crippen MR) is 83.6 cm³/mol. The van der Waals surface area contributed by atoms with Gasteiger partial charge in [0.25, 0.3) is 0 Å². The van der Waals surface area contributed by atoms with Crippen LogP contribution in [0.15, 0.2) is 18.2 Å². The Labute approximate surface area is 122 Å². The van der Waals surface area contributed by atoms with Crippen LogP contribution in [0.3, 0.4) is 0 Å². The number of halogens is 1. The van der Waals surface area contributed by atoms with E-state index < -0.39 is 0 Å². The molecule has 20 heavy (non-hydrogen) atoms. The van der Waals surface area contributed by atoms with Crippen molar-refractivity contribution in [2.24, 2.45) is 5.92 Å². The van der Waals surface area contributed by atoms with Crippen molar-refractivity contribution < 1.29 is 4.39 Å². The predicted octanol–water partition coefficient (Wildman–Crippen LogP) is 3.95. The van der Waals surface area contributed by atoms with E-state index in [-0.39, 0.29) is 11.4 Å². The Hall–Kier alpha value is -1.09. The van der Waals surface area contributed by atoms with Crippen LogP contribution in [0.5, 0.6) is 0 Å². The van der Waals surface area contributed by atoms with Crippen LogP contribution in [0.25, 0.3) is 0 Å². The summed E-state index contributed by atoms with van der Waals surface area (Å²) in [6, 6.07) is 5.42. The summed E-state index contributed by atoms with van der Waals surface area (Å²) in [5.74, 6) is 0.665. The van der Waals surface area contributed by atoms with Gasteiger partial charge >= 0.3 is 0 Å². The van der Waals surface area contributed by atoms with Crippen molar-refractivity contribution in [1.29, 1.82) is 0 Å². The van der Waals surface area contributed by atoms with E-state index in [1.807, 2.05) is 12.1 Å². The van der Waals surface area contributed by atoms with Crippen molar-refractivity contribution in [1.82, 2.24) is 5.32 Å². The molecule has 1 fully saturated rings. The highest BCUT2D eigenvalue weighted by molar-refractivity contribution is 5.55. The fourth-order valence-electron chi connectivity index (χ4n) is 2.41. The van der Waals surface area contributed by atoms with Gasteiger partial charge in [-0.15, -0.1) is 0 Å². The van der Waals surface area contributed by atoms with Gasteiger partial charge in [-0.1, -0.05) is 12.1 Å². The molecule has 0 saturated heterocycles. The summed E-state index contributed by atoms with van der Waals surface area (Å²) in [5.41, 5.74) is 1.89. The van der Waals surface area contributed by atoms with Crippen LogP contribution in [0, 0.1) is 11.7 Å². The van der Waals surface area contributed by atoms with E-state index in [2.05, 4.69) is 37.9 Å². The number of benzene rings is 1. The Balaban J connectivity index is 2.19. The molecule has 112 valence electrons. The van der Waals surface area contributed by atoms with Gasteiger partial charge in [0.1, 0.15) is 5.82 Å². The molecule has 1 N–H and O–H groups in total. The van der Waals surface area contributed by atoms with Crippen molar-refractivity contribution in [3.05, 3.63) is 29.6 Å². The molecule has 2 nitrogen and oxygen atoms in total. The van der Waals surface area contributed by atoms with Gasteiger partial charge in [0.15, 0.2) is 0 Å². The molecule has 1 aromatic rings. The van der Waals surface area contributed by atoms with E-state index in [4.69, 9.17) is 0 Å². The summed E-state index contributed by atoms with van der Waals surface area (Å²) < 4.78 is 14.3. The first-order valence-electron chi connectivity index (χ1n) is 7.68. The molecular formula is C17H27FN2. The number of hydrogen-bond acceptors (Lipinski definition) is 2. The van der Waals surface area contributed by atoms with Crippen LogP contribution in [-0.4, -0.2) is 18.6 Å². The summed E-state index contributed by atoms with van der Waals surface area (Å²) in [6.45, 7) is 11.1. The van der Waals surface area contributed by atoms with Gasteiger partial charge in [0.05, 0.1) is 5.69 Å². The minimum absolute atomic E-state index is 0.0388. The third kappa shape index (κ3) is 4.20. The maximum Gasteiger partial charge on any atom is 0.146 e. The molecule has 1 aliphatic rings. The van der Waals surface area contributed by atoms with Gasteiger partial charge in [-0.05, 0) is 58.1 Å². The van der Waals surface area contributed by atoms with Crippen molar-refractivity contribution in [2.75, 3.05) is 18.0 Å². The molecule has 1 aromatic carbocycles. The van der Waals surface area contributed by atoms with E-state index in [0.29, 0.717) is 6.54 Å². The molecule has 0 aromatic heterocycles. The average Bonchev–Trinajstić information content (AvgIpc) is 3.17. The first-order chi connectivity index (χ1) is 9.40. The Morgan fingerprint density at radius 1 is 1.30 bits per heavy atom. The molecule has 2 rings (SSSR count). The molecule has 0 amide bonds. The van der Waals surface area contributed by atoms with Crippen molar-refractivity contribution in [2.45, 2.75) is 52.6 Å². The maximum atomic E-state index is 14.3. The van der Waals surface area contributed by atoms with Gasteiger partial charge in [-0.25, -0.2) is 4.39 Å². The first-order valence-corrected chi connectivity index (χ1v) is 7.68. The van der Waals surface area contributed by atoms with Crippen LogP contribution in [0.4, 0.5) is 10.1 Å². The average molecular weight is 278 g/mol. The zero-order valence-electron chi connectivity index (χ0n) is 13.2. The Morgan fingerprint density at radius 3 is 2.55 bits per heavy atom. The summed E-state index contributed by atoms with van der Waals surface area (Å²) in [5, 5.41) is 3.46. The Morgan fingerprint density at radius 2 is 2.00 bits per heavy atom. The van der Waals surface area contributed by atoms with Gasteiger partial charge in [0, 0.05) is 25.2 Å². The van der Waals surface area contributed by atoms with Crippen LogP contribution >= 0.6 is 0 Å². The number of nitrogens with zero attached hydrogens (tertiary/aromatic N) is 1. The Bertz CT molecular complexity index is 447. The standard InChI is InChI=1S/C17H27FN2/c1-5-20(12-13-9-10-13)16-14(7-6-8-15(16)18)11-19-17(2,3)4/h6-8,13,19H,5,9-12H2,1-4H3. The first kappa shape index (κ1) is 15.3. The van der Waals surface area contributed by atoms with Crippen molar-refractivity contribution in [3.8, 4) is 0 Å². The molecule has 0 aliphatic heterocycles. The molecule has 0 bridgehead atoms. The second kappa shape index (κ2) is 6.13. The second-order valence-corrected chi connectivity index (χ2v) is 6.83. The lowest BCUT2D eigenvalue weighted by atomic mass is 10.1. The zero-order chi connectivity index (χ0) is 14.8. The molecule has 1 aliphatic carbocycles. The summed E-state index contributed by atoms with van der Waals surface area (Å²) in [6.07, 6.45) is 2.58. The third-order valence-corrected chi connectivity index (χ3v) is 3.75. The molecule has 0 unspecified atom stereocenters. The smallest absolute Gasteiger partial charge is 0.146 e. The topological polar surface area (TPSA) is 15.3 Å². The highest BCUT2D eigenvalue weighted by Crippen LogP contribution is 2.33. The van der Waals surface area contributed by atoms with Crippen LogP contribution in [0.1, 0.15) is 46.1 Å². The minimum atomic E-state index is -0.0966. The van der Waals surface area contributed by atoms with E-state index in [1.165, 1.54) is 12.8 Å². The quantitative estimate of drug-likeness (QED) is 0.847. The Kier molecular flexibility index (Phi) is 4.69. The van der Waals surface area contributed by atoms with E-state index in [0.717, 1.165) is 30.3 Å². The maximum absolute atomic E-state index is 14.3. The van der Waals surface area contributed by atoms with Crippen LogP contribution in [0.2, 0.25) is 0 Å². The highest BCUT2D eigenvalue weighted by atomic mass is 19.1. The van der Waals surface area contributed by atoms with E-state index in [1.54, 1.807) is 6.07 Å². The second-order valence-electron chi connectivity index (χ2n) is 6.83. The molecule has 0 heterocycles. The molecule has 1 saturated carbocycles. The normalized spacial score (nSPS) is 15.4. The number of hydrogen-bond donors (Lipinski definition) is 1. The van der Waals surface area contributed by atoms with Crippen LogP contribution < -0.4 is 10.2 Å². The highest BCUT2D eigenvalue weighted by Gasteiger charge is 2.26. The molecule has 0 radical (unpaired) electrons. The van der Waals surface area contributed by atoms with Crippen LogP contribution in [-0.2, 0) is 6.54 Å². The monoisotopic (exact) mass is 278 g/mol. The summed E-state index contributed by atoms with van der Waals surface area (Å²) in [7, 11) is 0. The minimum Gasteiger partial charge on any atom is -0.369 e. The van der Waals surface area contributed by atoms with Gasteiger partial charge in [0.2, 0.25) is 0 Å². The fourth-order valence-corrected chi connectivity index (χ4v) is 2.41. The third-order valence-electron chi connectivity index (χ3n) is 3.75. The number of rotatable bonds is 6. The number of para-hydroxylation sites is 1. The van der Waals surface area contributed by atoms with Crippen molar-refractivity contribution >= 4 is 5.69 Å². The number of anilines is 1. The lowest BCUT2D eigenvalue weighted by Gasteiger charge is -2.28. The largest absolute Gasteiger partial charge is 0.369 e. The van der Waals surface area contributed by atoms with Gasteiger partial charge in [-0.2, -0.15) is 0 Å². The SMILES string of the molecule is CCN(CC1CC1)c1c(F)cccc1CNC(C)(C)C. The lowest BCUT2D eigenvalue weighted by molar-refractivity contribution is 0.423. The van der Waals surface area contributed by atoms with E-state index in [9.17, 15) is 4.39 Å². The molecule has 0 atom stereocenters. The lowest BCUT2D eigenvalue weighted by Crippen LogP contribution is -2.36. The number of nitrogens with one attached hydrogen (secondary N) is 1. The summed E-state index contributed by atoms with van der Waals surface area (Å²) >= 11 is 0.